The highest BCUT2D eigenvalue weighted by Gasteiger charge is 2.29. The van der Waals surface area contributed by atoms with Crippen LogP contribution in [0.1, 0.15) is 16.7 Å². The number of likely N-dealkylation sites (N-methyl/N-ethyl adjacent to an activating group) is 1. The van der Waals surface area contributed by atoms with Gasteiger partial charge in [-0.3, -0.25) is 0 Å². The van der Waals surface area contributed by atoms with Crippen LogP contribution in [0.3, 0.4) is 0 Å². The maximum Gasteiger partial charge on any atom is 0.416 e. The van der Waals surface area contributed by atoms with E-state index in [9.17, 15) is 18.0 Å². The van der Waals surface area contributed by atoms with Gasteiger partial charge in [-0.15, -0.1) is 0 Å². The third kappa shape index (κ3) is 6.08. The van der Waals surface area contributed by atoms with Crippen molar-refractivity contribution in [3.05, 3.63) is 59.3 Å². The monoisotopic (exact) mass is 407 g/mol. The number of carbonyl (C=O) groups is 1. The highest BCUT2D eigenvalue weighted by molar-refractivity contribution is 5.73. The lowest BCUT2D eigenvalue weighted by atomic mass is 10.1. The second kappa shape index (κ2) is 9.13. The largest absolute Gasteiger partial charge is 0.416 e. The molecule has 29 heavy (non-hydrogen) atoms. The molecule has 2 heterocycles. The van der Waals surface area contributed by atoms with Crippen LogP contribution < -0.4 is 15.5 Å². The second-order valence-electron chi connectivity index (χ2n) is 7.05. The summed E-state index contributed by atoms with van der Waals surface area (Å²) < 4.78 is 37.7. The molecule has 1 aromatic heterocycles. The predicted octanol–water partition coefficient (Wildman–Crippen LogP) is 2.85. The summed E-state index contributed by atoms with van der Waals surface area (Å²) in [5, 5.41) is 5.35. The van der Waals surface area contributed by atoms with Crippen LogP contribution in [0.5, 0.6) is 0 Å². The van der Waals surface area contributed by atoms with Crippen LogP contribution in [-0.4, -0.2) is 49.1 Å². The van der Waals surface area contributed by atoms with Crippen LogP contribution in [0.15, 0.2) is 42.6 Å². The van der Waals surface area contributed by atoms with Gasteiger partial charge in [0.15, 0.2) is 0 Å². The quantitative estimate of drug-likeness (QED) is 0.800. The Balaban J connectivity index is 1.42. The lowest BCUT2D eigenvalue weighted by Crippen LogP contribution is -2.44. The molecule has 2 amide bonds. The number of nitrogens with zero attached hydrogens (tertiary/aromatic N) is 3. The summed E-state index contributed by atoms with van der Waals surface area (Å²) in [6.07, 6.45) is -2.62. The molecule has 0 aliphatic carbocycles. The third-order valence-electron chi connectivity index (χ3n) is 4.82. The lowest BCUT2D eigenvalue weighted by Gasteiger charge is -2.33. The van der Waals surface area contributed by atoms with E-state index in [1.54, 1.807) is 6.20 Å². The van der Waals surface area contributed by atoms with Gasteiger partial charge < -0.3 is 20.4 Å². The number of hydrogen-bond acceptors (Lipinski definition) is 4. The van der Waals surface area contributed by atoms with Gasteiger partial charge in [-0.05, 0) is 36.4 Å². The van der Waals surface area contributed by atoms with Gasteiger partial charge in [0.05, 0.1) is 5.56 Å². The third-order valence-corrected chi connectivity index (χ3v) is 4.82. The normalized spacial score (nSPS) is 15.2. The first-order valence-corrected chi connectivity index (χ1v) is 9.37. The summed E-state index contributed by atoms with van der Waals surface area (Å²) >= 11 is 0. The number of aromatic nitrogens is 1. The zero-order valence-corrected chi connectivity index (χ0v) is 16.2. The van der Waals surface area contributed by atoms with Crippen molar-refractivity contribution in [2.75, 3.05) is 38.1 Å². The Morgan fingerprint density at radius 3 is 2.10 bits per heavy atom. The highest BCUT2D eigenvalue weighted by atomic mass is 19.4. The molecule has 1 saturated heterocycles. The minimum absolute atomic E-state index is 0.143. The van der Waals surface area contributed by atoms with E-state index >= 15 is 0 Å². The van der Waals surface area contributed by atoms with Crippen LogP contribution in [-0.2, 0) is 19.3 Å². The molecule has 0 saturated carbocycles. The Morgan fingerprint density at radius 1 is 0.966 bits per heavy atom. The van der Waals surface area contributed by atoms with Gasteiger partial charge in [0.2, 0.25) is 0 Å². The van der Waals surface area contributed by atoms with E-state index in [4.69, 9.17) is 0 Å². The molecule has 2 aromatic rings. The SMILES string of the molecule is CN1CCN(c2ccc(CNC(=O)NCc3ccc(C(F)(F)F)cc3)cn2)CC1. The Labute approximate surface area is 167 Å². The van der Waals surface area contributed by atoms with E-state index in [2.05, 4.69) is 32.5 Å². The van der Waals surface area contributed by atoms with E-state index in [-0.39, 0.29) is 6.54 Å². The molecule has 1 aliphatic heterocycles. The average Bonchev–Trinajstić information content (AvgIpc) is 2.71. The van der Waals surface area contributed by atoms with E-state index in [1.807, 2.05) is 12.1 Å². The van der Waals surface area contributed by atoms with E-state index in [1.165, 1.54) is 12.1 Å². The fourth-order valence-corrected chi connectivity index (χ4v) is 2.98. The molecule has 1 fully saturated rings. The fraction of sp³-hybridized carbons (Fsp3) is 0.400. The summed E-state index contributed by atoms with van der Waals surface area (Å²) in [5.41, 5.74) is 0.747. The maximum absolute atomic E-state index is 12.6. The standard InChI is InChI=1S/C20H24F3N5O/c1-27-8-10-28(11-9-27)18-7-4-16(13-24-18)14-26-19(29)25-12-15-2-5-17(6-3-15)20(21,22)23/h2-7,13H,8-12,14H2,1H3,(H2,25,26,29). The van der Waals surface area contributed by atoms with Crippen molar-refractivity contribution in [3.8, 4) is 0 Å². The number of urea groups is 1. The van der Waals surface area contributed by atoms with Gasteiger partial charge in [-0.2, -0.15) is 13.2 Å². The van der Waals surface area contributed by atoms with Crippen LogP contribution in [0, 0.1) is 0 Å². The number of carbonyl (C=O) groups excluding carboxylic acids is 1. The number of nitrogens with one attached hydrogen (secondary N) is 2. The number of hydrogen-bond donors (Lipinski definition) is 2. The smallest absolute Gasteiger partial charge is 0.354 e. The molecule has 9 heteroatoms. The number of benzene rings is 1. The summed E-state index contributed by atoms with van der Waals surface area (Å²) in [4.78, 5) is 20.9. The molecule has 156 valence electrons. The first-order valence-electron chi connectivity index (χ1n) is 9.37. The van der Waals surface area contributed by atoms with Crippen molar-refractivity contribution in [1.29, 1.82) is 0 Å². The first-order chi connectivity index (χ1) is 13.8. The lowest BCUT2D eigenvalue weighted by molar-refractivity contribution is -0.137. The zero-order chi connectivity index (χ0) is 20.9. The summed E-state index contributed by atoms with van der Waals surface area (Å²) in [6.45, 7) is 4.34. The van der Waals surface area contributed by atoms with Crippen molar-refractivity contribution >= 4 is 11.8 Å². The van der Waals surface area contributed by atoms with Crippen LogP contribution in [0.2, 0.25) is 0 Å². The van der Waals surface area contributed by atoms with Crippen molar-refractivity contribution < 1.29 is 18.0 Å². The van der Waals surface area contributed by atoms with Gasteiger partial charge >= 0.3 is 12.2 Å². The molecule has 0 unspecified atom stereocenters. The Bertz CT molecular complexity index is 800. The molecule has 0 radical (unpaired) electrons. The summed E-state index contributed by atoms with van der Waals surface area (Å²) in [7, 11) is 2.10. The minimum Gasteiger partial charge on any atom is -0.354 e. The highest BCUT2D eigenvalue weighted by Crippen LogP contribution is 2.29. The van der Waals surface area contributed by atoms with Gasteiger partial charge in [0, 0.05) is 45.5 Å². The number of rotatable bonds is 5. The van der Waals surface area contributed by atoms with Crippen LogP contribution in [0.4, 0.5) is 23.8 Å². The molecule has 1 aromatic carbocycles. The summed E-state index contributed by atoms with van der Waals surface area (Å²) in [6, 6.07) is 8.19. The van der Waals surface area contributed by atoms with Gasteiger partial charge in [0.25, 0.3) is 0 Å². The van der Waals surface area contributed by atoms with E-state index < -0.39 is 17.8 Å². The number of amides is 2. The molecule has 0 atom stereocenters. The van der Waals surface area contributed by atoms with Crippen molar-refractivity contribution in [2.45, 2.75) is 19.3 Å². The molecule has 3 rings (SSSR count). The van der Waals surface area contributed by atoms with Crippen molar-refractivity contribution in [1.82, 2.24) is 20.5 Å². The minimum atomic E-state index is -4.36. The van der Waals surface area contributed by atoms with Crippen LogP contribution >= 0.6 is 0 Å². The second-order valence-corrected chi connectivity index (χ2v) is 7.05. The molecule has 0 spiro atoms. The summed E-state index contributed by atoms with van der Waals surface area (Å²) in [5.74, 6) is 0.925. The van der Waals surface area contributed by atoms with Gasteiger partial charge in [-0.1, -0.05) is 18.2 Å². The van der Waals surface area contributed by atoms with Crippen molar-refractivity contribution in [2.24, 2.45) is 0 Å². The number of anilines is 1. The van der Waals surface area contributed by atoms with Crippen LogP contribution in [0.25, 0.3) is 0 Å². The molecular formula is C20H24F3N5O. The Kier molecular flexibility index (Phi) is 6.58. The molecule has 0 bridgehead atoms. The number of piperazine rings is 1. The molecule has 6 nitrogen and oxygen atoms in total. The molecular weight excluding hydrogens is 383 g/mol. The van der Waals surface area contributed by atoms with Gasteiger partial charge in [-0.25, -0.2) is 9.78 Å². The van der Waals surface area contributed by atoms with E-state index in [0.29, 0.717) is 12.1 Å². The number of pyridine rings is 1. The van der Waals surface area contributed by atoms with Crippen molar-refractivity contribution in [3.63, 3.8) is 0 Å². The Hall–Kier alpha value is -2.81. The van der Waals surface area contributed by atoms with E-state index in [0.717, 1.165) is 49.7 Å². The number of halogens is 3. The molecule has 1 aliphatic rings. The average molecular weight is 407 g/mol. The first kappa shape index (κ1) is 20.9. The zero-order valence-electron chi connectivity index (χ0n) is 16.2. The predicted molar refractivity (Wildman–Crippen MR) is 104 cm³/mol. The number of alkyl halides is 3. The maximum atomic E-state index is 12.6. The molecule has 2 N–H and O–H groups in total. The fourth-order valence-electron chi connectivity index (χ4n) is 2.98. The van der Waals surface area contributed by atoms with Gasteiger partial charge in [0.1, 0.15) is 5.82 Å². The Morgan fingerprint density at radius 2 is 1.55 bits per heavy atom. The topological polar surface area (TPSA) is 60.5 Å².